The quantitative estimate of drug-likeness (QED) is 0.688. The highest BCUT2D eigenvalue weighted by molar-refractivity contribution is 6.32. The molecule has 10 heteroatoms. The molecule has 3 aromatic rings. The van der Waals surface area contributed by atoms with Crippen molar-refractivity contribution in [3.8, 4) is 11.6 Å². The zero-order valence-corrected chi connectivity index (χ0v) is 17.5. The summed E-state index contributed by atoms with van der Waals surface area (Å²) in [5.41, 5.74) is 0.628. The minimum Gasteiger partial charge on any atom is -0.495 e. The van der Waals surface area contributed by atoms with Gasteiger partial charge in [0.2, 0.25) is 0 Å². The number of benzene rings is 1. The number of amides is 2. The Morgan fingerprint density at radius 2 is 1.90 bits per heavy atom. The highest BCUT2D eigenvalue weighted by atomic mass is 35.5. The van der Waals surface area contributed by atoms with Gasteiger partial charge in [-0.25, -0.2) is 19.4 Å². The first-order valence-electron chi connectivity index (χ1n) is 9.53. The molecule has 1 aromatic carbocycles. The molecule has 0 radical (unpaired) electrons. The molecule has 1 aliphatic rings. The maximum atomic E-state index is 12.6. The van der Waals surface area contributed by atoms with Crippen LogP contribution in [-0.4, -0.2) is 64.0 Å². The van der Waals surface area contributed by atoms with Crippen LogP contribution in [-0.2, 0) is 0 Å². The molecule has 3 heterocycles. The fraction of sp³-hybridized carbons (Fsp3) is 0.300. The highest BCUT2D eigenvalue weighted by Gasteiger charge is 2.23. The molecule has 0 bridgehead atoms. The topological polar surface area (TPSA) is 88.4 Å². The largest absolute Gasteiger partial charge is 0.495 e. The number of hydrogen-bond acceptors (Lipinski definition) is 6. The molecule has 0 spiro atoms. The zero-order valence-electron chi connectivity index (χ0n) is 16.7. The molecule has 2 amide bonds. The number of halogens is 1. The number of rotatable bonds is 4. The van der Waals surface area contributed by atoms with Gasteiger partial charge in [0.25, 0.3) is 0 Å². The summed E-state index contributed by atoms with van der Waals surface area (Å²) in [6.07, 6.45) is 3.56. The monoisotopic (exact) mass is 427 g/mol. The van der Waals surface area contributed by atoms with Gasteiger partial charge in [0.1, 0.15) is 17.4 Å². The molecule has 1 N–H and O–H groups in total. The molecule has 2 aromatic heterocycles. The van der Waals surface area contributed by atoms with Crippen LogP contribution in [0.15, 0.2) is 42.7 Å². The van der Waals surface area contributed by atoms with E-state index in [1.807, 2.05) is 25.3 Å². The summed E-state index contributed by atoms with van der Waals surface area (Å²) in [7, 11) is 1.55. The van der Waals surface area contributed by atoms with Crippen LogP contribution in [0.3, 0.4) is 0 Å². The van der Waals surface area contributed by atoms with Crippen molar-refractivity contribution >= 4 is 29.1 Å². The van der Waals surface area contributed by atoms with E-state index in [4.69, 9.17) is 16.3 Å². The van der Waals surface area contributed by atoms with Crippen molar-refractivity contribution < 1.29 is 9.53 Å². The Morgan fingerprint density at radius 1 is 1.13 bits per heavy atom. The lowest BCUT2D eigenvalue weighted by atomic mass is 10.3. The molecule has 0 atom stereocenters. The van der Waals surface area contributed by atoms with E-state index >= 15 is 0 Å². The van der Waals surface area contributed by atoms with Crippen molar-refractivity contribution in [1.82, 2.24) is 24.6 Å². The number of hydrogen-bond donors (Lipinski definition) is 1. The molecule has 0 saturated carbocycles. The van der Waals surface area contributed by atoms with Crippen molar-refractivity contribution in [2.24, 2.45) is 0 Å². The molecule has 1 saturated heterocycles. The van der Waals surface area contributed by atoms with Crippen LogP contribution < -0.4 is 15.0 Å². The standard InChI is InChI=1S/C20H22ClN7O2/c1-14-23-18(13-19(24-14)28-7-3-6-22-28)26-8-10-27(11-9-26)20(29)25-15-4-5-17(30-2)16(21)12-15/h3-7,12-13H,8-11H2,1-2H3,(H,25,29). The maximum Gasteiger partial charge on any atom is 0.321 e. The number of aromatic nitrogens is 4. The summed E-state index contributed by atoms with van der Waals surface area (Å²) in [4.78, 5) is 25.6. The Bertz CT molecular complexity index is 1030. The first-order valence-corrected chi connectivity index (χ1v) is 9.91. The third-order valence-electron chi connectivity index (χ3n) is 4.84. The van der Waals surface area contributed by atoms with Crippen molar-refractivity contribution in [1.29, 1.82) is 0 Å². The van der Waals surface area contributed by atoms with Gasteiger partial charge in [-0.2, -0.15) is 5.10 Å². The van der Waals surface area contributed by atoms with Crippen LogP contribution >= 0.6 is 11.6 Å². The first-order chi connectivity index (χ1) is 14.5. The summed E-state index contributed by atoms with van der Waals surface area (Å²) in [5.74, 6) is 2.79. The molecule has 156 valence electrons. The van der Waals surface area contributed by atoms with Gasteiger partial charge in [-0.3, -0.25) is 0 Å². The lowest BCUT2D eigenvalue weighted by Gasteiger charge is -2.35. The summed E-state index contributed by atoms with van der Waals surface area (Å²) >= 11 is 6.13. The Morgan fingerprint density at radius 3 is 2.57 bits per heavy atom. The number of carbonyl (C=O) groups is 1. The van der Waals surface area contributed by atoms with Gasteiger partial charge in [0.05, 0.1) is 12.1 Å². The van der Waals surface area contributed by atoms with Gasteiger partial charge < -0.3 is 19.9 Å². The van der Waals surface area contributed by atoms with E-state index in [2.05, 4.69) is 25.3 Å². The molecule has 4 rings (SSSR count). The number of anilines is 2. The molecule has 0 unspecified atom stereocenters. The van der Waals surface area contributed by atoms with E-state index in [0.717, 1.165) is 11.6 Å². The van der Waals surface area contributed by atoms with Crippen molar-refractivity contribution in [2.45, 2.75) is 6.92 Å². The molecule has 9 nitrogen and oxygen atoms in total. The van der Waals surface area contributed by atoms with E-state index < -0.39 is 0 Å². The highest BCUT2D eigenvalue weighted by Crippen LogP contribution is 2.27. The second-order valence-corrected chi connectivity index (χ2v) is 7.24. The number of methoxy groups -OCH3 is 1. The van der Waals surface area contributed by atoms with Crippen LogP contribution in [0.1, 0.15) is 5.82 Å². The normalized spacial score (nSPS) is 14.0. The molecular weight excluding hydrogens is 406 g/mol. The predicted molar refractivity (Wildman–Crippen MR) is 115 cm³/mol. The van der Waals surface area contributed by atoms with E-state index in [0.29, 0.717) is 48.5 Å². The second kappa shape index (κ2) is 8.58. The summed E-state index contributed by atoms with van der Waals surface area (Å²) in [6.45, 7) is 4.36. The molecular formula is C20H22ClN7O2. The van der Waals surface area contributed by atoms with E-state index in [1.165, 1.54) is 0 Å². The lowest BCUT2D eigenvalue weighted by molar-refractivity contribution is 0.208. The number of ether oxygens (including phenoxy) is 1. The van der Waals surface area contributed by atoms with Crippen molar-refractivity contribution in [3.05, 3.63) is 53.6 Å². The fourth-order valence-corrected chi connectivity index (χ4v) is 3.56. The Balaban J connectivity index is 1.39. The van der Waals surface area contributed by atoms with Crippen LogP contribution in [0.2, 0.25) is 5.02 Å². The van der Waals surface area contributed by atoms with Gasteiger partial charge in [0, 0.05) is 50.3 Å². The van der Waals surface area contributed by atoms with Crippen molar-refractivity contribution in [2.75, 3.05) is 43.5 Å². The van der Waals surface area contributed by atoms with Gasteiger partial charge in [-0.1, -0.05) is 11.6 Å². The van der Waals surface area contributed by atoms with E-state index in [9.17, 15) is 4.79 Å². The van der Waals surface area contributed by atoms with Gasteiger partial charge in [-0.15, -0.1) is 0 Å². The van der Waals surface area contributed by atoms with E-state index in [1.54, 1.807) is 41.1 Å². The molecule has 30 heavy (non-hydrogen) atoms. The summed E-state index contributed by atoms with van der Waals surface area (Å²) in [5, 5.41) is 7.57. The third kappa shape index (κ3) is 4.30. The fourth-order valence-electron chi connectivity index (χ4n) is 3.31. The number of piperazine rings is 1. The molecule has 0 aliphatic carbocycles. The number of urea groups is 1. The molecule has 1 fully saturated rings. The number of carbonyl (C=O) groups excluding carboxylic acids is 1. The van der Waals surface area contributed by atoms with Gasteiger partial charge in [0.15, 0.2) is 5.82 Å². The number of nitrogens with zero attached hydrogens (tertiary/aromatic N) is 6. The van der Waals surface area contributed by atoms with E-state index in [-0.39, 0.29) is 6.03 Å². The first kappa shape index (κ1) is 20.0. The second-order valence-electron chi connectivity index (χ2n) is 6.84. The third-order valence-corrected chi connectivity index (χ3v) is 5.14. The van der Waals surface area contributed by atoms with Crippen LogP contribution in [0.4, 0.5) is 16.3 Å². The Hall–Kier alpha value is -3.33. The Kier molecular flexibility index (Phi) is 5.71. The predicted octanol–water partition coefficient (Wildman–Crippen LogP) is 2.99. The lowest BCUT2D eigenvalue weighted by Crippen LogP contribution is -2.50. The molecule has 1 aliphatic heterocycles. The average molecular weight is 428 g/mol. The summed E-state index contributed by atoms with van der Waals surface area (Å²) < 4.78 is 6.85. The average Bonchev–Trinajstić information content (AvgIpc) is 3.29. The van der Waals surface area contributed by atoms with Gasteiger partial charge in [-0.05, 0) is 31.2 Å². The Labute approximate surface area is 179 Å². The SMILES string of the molecule is COc1ccc(NC(=O)N2CCN(c3cc(-n4cccn4)nc(C)n3)CC2)cc1Cl. The van der Waals surface area contributed by atoms with Crippen LogP contribution in [0, 0.1) is 6.92 Å². The number of aryl methyl sites for hydroxylation is 1. The maximum absolute atomic E-state index is 12.6. The number of nitrogens with one attached hydrogen (secondary N) is 1. The van der Waals surface area contributed by atoms with Crippen LogP contribution in [0.25, 0.3) is 5.82 Å². The van der Waals surface area contributed by atoms with Crippen molar-refractivity contribution in [3.63, 3.8) is 0 Å². The smallest absolute Gasteiger partial charge is 0.321 e. The van der Waals surface area contributed by atoms with Crippen LogP contribution in [0.5, 0.6) is 5.75 Å². The summed E-state index contributed by atoms with van der Waals surface area (Å²) in [6, 6.07) is 8.77. The minimum atomic E-state index is -0.160. The van der Waals surface area contributed by atoms with Gasteiger partial charge >= 0.3 is 6.03 Å². The minimum absolute atomic E-state index is 0.160. The zero-order chi connectivity index (χ0) is 21.1.